The number of carbonyl (C=O) groups excluding carboxylic acids is 1. The van der Waals surface area contributed by atoms with Gasteiger partial charge in [-0.15, -0.1) is 0 Å². The van der Waals surface area contributed by atoms with Gasteiger partial charge in [0, 0.05) is 16.6 Å². The summed E-state index contributed by atoms with van der Waals surface area (Å²) in [5, 5.41) is 5.97. The van der Waals surface area contributed by atoms with Crippen LogP contribution in [0.1, 0.15) is 36.2 Å². The second kappa shape index (κ2) is 13.1. The van der Waals surface area contributed by atoms with Gasteiger partial charge in [0.2, 0.25) is 0 Å². The van der Waals surface area contributed by atoms with E-state index in [9.17, 15) is 4.79 Å². The van der Waals surface area contributed by atoms with Gasteiger partial charge in [-0.3, -0.25) is 10.1 Å². The molecule has 2 N–H and O–H groups in total. The highest BCUT2D eigenvalue weighted by Gasteiger charge is 2.15. The molecule has 0 saturated carbocycles. The van der Waals surface area contributed by atoms with Crippen molar-refractivity contribution in [1.82, 2.24) is 5.32 Å². The van der Waals surface area contributed by atoms with Crippen LogP contribution < -0.4 is 20.1 Å². The molecule has 0 unspecified atom stereocenters. The van der Waals surface area contributed by atoms with E-state index >= 15 is 0 Å². The van der Waals surface area contributed by atoms with Crippen LogP contribution in [0, 0.1) is 5.92 Å². The molecule has 0 radical (unpaired) electrons. The molecule has 7 heteroatoms. The molecule has 0 fully saturated rings. The van der Waals surface area contributed by atoms with Crippen LogP contribution in [0.5, 0.6) is 11.5 Å². The fourth-order valence-corrected chi connectivity index (χ4v) is 3.68. The molecule has 0 saturated heterocycles. The van der Waals surface area contributed by atoms with Crippen molar-refractivity contribution >= 4 is 44.9 Å². The summed E-state index contributed by atoms with van der Waals surface area (Å²) in [6.45, 7) is 5.40. The van der Waals surface area contributed by atoms with E-state index in [1.807, 2.05) is 48.5 Å². The maximum Gasteiger partial charge on any atom is 0.261 e. The number of hydrogen-bond acceptors (Lipinski definition) is 4. The van der Waals surface area contributed by atoms with Crippen LogP contribution in [-0.4, -0.2) is 24.2 Å². The molecule has 1 amide bonds. The summed E-state index contributed by atoms with van der Waals surface area (Å²) >= 11 is 8.76. The third-order valence-corrected chi connectivity index (χ3v) is 5.68. The minimum Gasteiger partial charge on any atom is -0.493 e. The van der Waals surface area contributed by atoms with Gasteiger partial charge in [0.1, 0.15) is 11.5 Å². The predicted octanol–water partition coefficient (Wildman–Crippen LogP) is 6.62. The van der Waals surface area contributed by atoms with Crippen molar-refractivity contribution in [1.29, 1.82) is 0 Å². The van der Waals surface area contributed by atoms with Crippen molar-refractivity contribution in [2.45, 2.75) is 26.7 Å². The second-order valence-corrected chi connectivity index (χ2v) is 9.51. The Labute approximate surface area is 215 Å². The van der Waals surface area contributed by atoms with Gasteiger partial charge in [-0.1, -0.05) is 60.1 Å². The molecule has 0 bridgehead atoms. The lowest BCUT2D eigenvalue weighted by Crippen LogP contribution is -2.34. The van der Waals surface area contributed by atoms with E-state index in [1.165, 1.54) is 5.56 Å². The Morgan fingerprint density at radius 1 is 0.971 bits per heavy atom. The minimum atomic E-state index is -0.334. The predicted molar refractivity (Wildman–Crippen MR) is 145 cm³/mol. The maximum atomic E-state index is 12.8. The van der Waals surface area contributed by atoms with Crippen LogP contribution in [0.4, 0.5) is 5.69 Å². The molecule has 34 heavy (non-hydrogen) atoms. The van der Waals surface area contributed by atoms with Gasteiger partial charge >= 0.3 is 0 Å². The fourth-order valence-electron chi connectivity index (χ4n) is 3.11. The average Bonchev–Trinajstić information content (AvgIpc) is 2.81. The molecular weight excluding hydrogens is 512 g/mol. The van der Waals surface area contributed by atoms with Crippen molar-refractivity contribution < 1.29 is 14.3 Å². The molecule has 3 rings (SSSR count). The molecule has 0 heterocycles. The van der Waals surface area contributed by atoms with E-state index in [0.717, 1.165) is 28.8 Å². The zero-order valence-corrected chi connectivity index (χ0v) is 21.7. The highest BCUT2D eigenvalue weighted by molar-refractivity contribution is 9.10. The summed E-state index contributed by atoms with van der Waals surface area (Å²) < 4.78 is 12.4. The molecule has 0 aliphatic heterocycles. The van der Waals surface area contributed by atoms with Crippen molar-refractivity contribution in [3.8, 4) is 11.5 Å². The van der Waals surface area contributed by atoms with Gasteiger partial charge < -0.3 is 14.8 Å². The lowest BCUT2D eigenvalue weighted by atomic mass is 10.1. The largest absolute Gasteiger partial charge is 0.493 e. The molecule has 0 aliphatic carbocycles. The molecule has 3 aromatic carbocycles. The number of nitrogens with one attached hydrogen (secondary N) is 2. The number of benzene rings is 3. The Morgan fingerprint density at radius 2 is 1.71 bits per heavy atom. The number of carbonyl (C=O) groups is 1. The third kappa shape index (κ3) is 8.47. The van der Waals surface area contributed by atoms with Crippen LogP contribution in [0.15, 0.2) is 77.3 Å². The normalized spacial score (nSPS) is 10.6. The molecule has 0 spiro atoms. The number of rotatable bonds is 10. The highest BCUT2D eigenvalue weighted by atomic mass is 79.9. The SMILES string of the molecule is CC(C)CCOc1ccc(Br)cc1C(=O)NC(=S)Nc1ccc(OCCc2ccccc2)cc1. The molecule has 178 valence electrons. The fraction of sp³-hybridized carbons (Fsp3) is 0.259. The zero-order chi connectivity index (χ0) is 24.3. The summed E-state index contributed by atoms with van der Waals surface area (Å²) in [5.74, 6) is 1.49. The third-order valence-electron chi connectivity index (χ3n) is 4.98. The highest BCUT2D eigenvalue weighted by Crippen LogP contribution is 2.24. The van der Waals surface area contributed by atoms with Crippen molar-refractivity contribution in [3.05, 3.63) is 88.4 Å². The van der Waals surface area contributed by atoms with Crippen molar-refractivity contribution in [2.24, 2.45) is 5.92 Å². The molecule has 0 atom stereocenters. The quantitative estimate of drug-likeness (QED) is 0.283. The summed E-state index contributed by atoms with van der Waals surface area (Å²) in [4.78, 5) is 12.8. The Morgan fingerprint density at radius 3 is 2.41 bits per heavy atom. The zero-order valence-electron chi connectivity index (χ0n) is 19.3. The second-order valence-electron chi connectivity index (χ2n) is 8.19. The Kier molecular flexibility index (Phi) is 9.91. The first-order chi connectivity index (χ1) is 16.4. The lowest BCUT2D eigenvalue weighted by molar-refractivity contribution is 0.0973. The minimum absolute atomic E-state index is 0.204. The van der Waals surface area contributed by atoms with Crippen LogP contribution in [0.25, 0.3) is 0 Å². The smallest absolute Gasteiger partial charge is 0.261 e. The Hall–Kier alpha value is -2.90. The lowest BCUT2D eigenvalue weighted by Gasteiger charge is -2.14. The van der Waals surface area contributed by atoms with Gasteiger partial charge in [0.25, 0.3) is 5.91 Å². The van der Waals surface area contributed by atoms with Crippen LogP contribution >= 0.6 is 28.1 Å². The van der Waals surface area contributed by atoms with Crippen LogP contribution in [0.2, 0.25) is 0 Å². The standard InChI is InChI=1S/C27H29BrN2O3S/c1-19(2)14-16-33-25-13-8-21(28)18-24(25)26(31)30-27(34)29-22-9-11-23(12-10-22)32-17-15-20-6-4-3-5-7-20/h3-13,18-19H,14-17H2,1-2H3,(H2,29,30,31,34). The molecular formula is C27H29BrN2O3S. The average molecular weight is 542 g/mol. The molecule has 0 aromatic heterocycles. The van der Waals surface area contributed by atoms with E-state index in [-0.39, 0.29) is 11.0 Å². The van der Waals surface area contributed by atoms with Crippen LogP contribution in [0.3, 0.4) is 0 Å². The first kappa shape index (κ1) is 25.7. The number of hydrogen-bond donors (Lipinski definition) is 2. The summed E-state index contributed by atoms with van der Waals surface area (Å²) in [6.07, 6.45) is 1.75. The molecule has 3 aromatic rings. The van der Waals surface area contributed by atoms with Crippen molar-refractivity contribution in [3.63, 3.8) is 0 Å². The van der Waals surface area contributed by atoms with E-state index in [0.29, 0.717) is 30.4 Å². The number of thiocarbonyl (C=S) groups is 1. The van der Waals surface area contributed by atoms with Gasteiger partial charge in [-0.05, 0) is 72.6 Å². The molecule has 5 nitrogen and oxygen atoms in total. The van der Waals surface area contributed by atoms with Gasteiger partial charge in [0.15, 0.2) is 5.11 Å². The Balaban J connectivity index is 1.51. The molecule has 0 aliphatic rings. The maximum absolute atomic E-state index is 12.8. The summed E-state index contributed by atoms with van der Waals surface area (Å²) in [5.41, 5.74) is 2.41. The van der Waals surface area contributed by atoms with E-state index in [4.69, 9.17) is 21.7 Å². The number of anilines is 1. The monoisotopic (exact) mass is 540 g/mol. The number of amides is 1. The van der Waals surface area contributed by atoms with Gasteiger partial charge in [-0.2, -0.15) is 0 Å². The van der Waals surface area contributed by atoms with Gasteiger partial charge in [0.05, 0.1) is 18.8 Å². The number of halogens is 1. The number of ether oxygens (including phenoxy) is 2. The first-order valence-electron chi connectivity index (χ1n) is 11.2. The van der Waals surface area contributed by atoms with E-state index < -0.39 is 0 Å². The first-order valence-corrected chi connectivity index (χ1v) is 12.4. The van der Waals surface area contributed by atoms with E-state index in [1.54, 1.807) is 12.1 Å². The van der Waals surface area contributed by atoms with Gasteiger partial charge in [-0.25, -0.2) is 0 Å². The van der Waals surface area contributed by atoms with Crippen molar-refractivity contribution in [2.75, 3.05) is 18.5 Å². The summed E-state index contributed by atoms with van der Waals surface area (Å²) in [7, 11) is 0. The van der Waals surface area contributed by atoms with E-state index in [2.05, 4.69) is 52.5 Å². The Bertz CT molecular complexity index is 1090. The topological polar surface area (TPSA) is 59.6 Å². The summed E-state index contributed by atoms with van der Waals surface area (Å²) in [6, 6.07) is 23.0. The van der Waals surface area contributed by atoms with Crippen LogP contribution in [-0.2, 0) is 6.42 Å².